The van der Waals surface area contributed by atoms with Crippen LogP contribution in [0.15, 0.2) is 22.7 Å². The van der Waals surface area contributed by atoms with Gasteiger partial charge in [-0.15, -0.1) is 0 Å². The lowest BCUT2D eigenvalue weighted by atomic mass is 9.93. The molecule has 0 spiro atoms. The fourth-order valence-corrected chi connectivity index (χ4v) is 1.43. The normalized spacial score (nSPS) is 17.8. The second-order valence-corrected chi connectivity index (χ2v) is 3.10. The molecule has 0 amide bonds. The molecule has 1 heterocycles. The van der Waals surface area contributed by atoms with Gasteiger partial charge in [-0.1, -0.05) is 12.1 Å². The van der Waals surface area contributed by atoms with E-state index in [-0.39, 0.29) is 0 Å². The van der Waals surface area contributed by atoms with Gasteiger partial charge in [0.2, 0.25) is 0 Å². The van der Waals surface area contributed by atoms with Gasteiger partial charge in [-0.2, -0.15) is 0 Å². The quantitative estimate of drug-likeness (QED) is 0.459. The van der Waals surface area contributed by atoms with Crippen LogP contribution < -0.4 is 0 Å². The molecule has 8 heavy (non-hydrogen) atoms. The summed E-state index contributed by atoms with van der Waals surface area (Å²) in [5.74, 6) is 1.94. The molecule has 0 aliphatic carbocycles. The topological polar surface area (TPSA) is 3.24 Å². The second-order valence-electron chi connectivity index (χ2n) is 1.37. The zero-order valence-corrected chi connectivity index (χ0v) is 7.18. The lowest BCUT2D eigenvalue weighted by molar-refractivity contribution is 1.02. The van der Waals surface area contributed by atoms with Crippen molar-refractivity contribution < 1.29 is 0 Å². The predicted molar refractivity (Wildman–Crippen MR) is 42.7 cm³/mol. The van der Waals surface area contributed by atoms with Crippen LogP contribution in [0.4, 0.5) is 0 Å². The first-order valence-electron chi connectivity index (χ1n) is 2.12. The molecule has 0 bridgehead atoms. The first kappa shape index (κ1) is 6.43. The molecule has 1 aliphatic rings. The summed E-state index contributed by atoms with van der Waals surface area (Å²) in [4.78, 5) is 0. The van der Waals surface area contributed by atoms with Gasteiger partial charge in [-0.3, -0.25) is 0 Å². The molecule has 4 heteroatoms. The fourth-order valence-electron chi connectivity index (χ4n) is 0.421. The van der Waals surface area contributed by atoms with Crippen molar-refractivity contribution in [2.75, 3.05) is 0 Å². The summed E-state index contributed by atoms with van der Waals surface area (Å²) in [7, 11) is 1.91. The first-order chi connectivity index (χ1) is 3.79. The Balaban J connectivity index is 2.63. The van der Waals surface area contributed by atoms with Crippen LogP contribution in [0.25, 0.3) is 0 Å². The highest BCUT2D eigenvalue weighted by molar-refractivity contribution is 9.12. The predicted octanol–water partition coefficient (Wildman–Crippen LogP) is 1.98. The molecule has 1 radical (unpaired) electrons. The van der Waals surface area contributed by atoms with E-state index in [2.05, 4.69) is 32.1 Å². The average Bonchev–Trinajstić information content (AvgIpc) is 1.64. The lowest BCUT2D eigenvalue weighted by Gasteiger charge is -2.09. The molecule has 0 unspecified atom stereocenters. The van der Waals surface area contributed by atoms with Gasteiger partial charge >= 0.3 is 0 Å². The summed E-state index contributed by atoms with van der Waals surface area (Å²) in [6, 6.07) is 0. The van der Waals surface area contributed by atoms with Gasteiger partial charge in [-0.05, 0) is 15.9 Å². The average molecular weight is 236 g/mol. The van der Waals surface area contributed by atoms with Gasteiger partial charge in [0.15, 0.2) is 0 Å². The van der Waals surface area contributed by atoms with Crippen LogP contribution in [0.5, 0.6) is 0 Å². The summed E-state index contributed by atoms with van der Waals surface area (Å²) in [5.41, 5.74) is 0. The number of rotatable bonds is 0. The Morgan fingerprint density at radius 1 is 1.62 bits per heavy atom. The highest BCUT2D eigenvalue weighted by atomic mass is 79.9. The number of halogens is 2. The molecule has 0 aromatic rings. The third-order valence-corrected chi connectivity index (χ3v) is 1.64. The van der Waals surface area contributed by atoms with E-state index in [0.29, 0.717) is 0 Å². The molecule has 1 nitrogen and oxygen atoms in total. The lowest BCUT2D eigenvalue weighted by Crippen LogP contribution is -2.09. The highest BCUT2D eigenvalue weighted by Gasteiger charge is 1.99. The third kappa shape index (κ3) is 1.67. The van der Waals surface area contributed by atoms with Crippen molar-refractivity contribution >= 4 is 39.5 Å². The fraction of sp³-hybridized carbons (Fsp3) is 0. The van der Waals surface area contributed by atoms with E-state index in [1.165, 1.54) is 0 Å². The minimum Gasteiger partial charge on any atom is -0.358 e. The minimum atomic E-state index is 1.07. The highest BCUT2D eigenvalue weighted by Crippen LogP contribution is 2.13. The third-order valence-electron chi connectivity index (χ3n) is 0.731. The van der Waals surface area contributed by atoms with Crippen molar-refractivity contribution in [2.24, 2.45) is 0 Å². The maximum atomic E-state index is 3.31. The Morgan fingerprint density at radius 2 is 2.38 bits per heavy atom. The van der Waals surface area contributed by atoms with Crippen LogP contribution in [-0.2, 0) is 0 Å². The molecule has 0 aromatic heterocycles. The Labute approximate surface area is 66.2 Å². The molecule has 0 fully saturated rings. The van der Waals surface area contributed by atoms with E-state index >= 15 is 0 Å². The largest absolute Gasteiger partial charge is 0.358 e. The van der Waals surface area contributed by atoms with E-state index in [4.69, 9.17) is 0 Å². The number of nitrogens with zero attached hydrogens (tertiary/aromatic N) is 1. The molecule has 0 N–H and O–H groups in total. The van der Waals surface area contributed by atoms with Crippen LogP contribution in [0.2, 0.25) is 0 Å². The molecule has 0 aromatic carbocycles. The van der Waals surface area contributed by atoms with Crippen LogP contribution in [0.1, 0.15) is 0 Å². The summed E-state index contributed by atoms with van der Waals surface area (Å²) in [5, 5.41) is 0. The molecule has 1 aliphatic heterocycles. The van der Waals surface area contributed by atoms with Gasteiger partial charge in [0.1, 0.15) is 0 Å². The zero-order chi connectivity index (χ0) is 5.98. The van der Waals surface area contributed by atoms with Crippen molar-refractivity contribution in [3.8, 4) is 0 Å². The number of hydrogen-bond acceptors (Lipinski definition) is 1. The maximum absolute atomic E-state index is 3.31. The molecule has 1 rings (SSSR count). The summed E-state index contributed by atoms with van der Waals surface area (Å²) < 4.78 is 2.87. The van der Waals surface area contributed by atoms with Crippen LogP contribution >= 0.6 is 32.1 Å². The molecule has 0 atom stereocenters. The van der Waals surface area contributed by atoms with Crippen molar-refractivity contribution in [2.45, 2.75) is 0 Å². The summed E-state index contributed by atoms with van der Waals surface area (Å²) in [6.45, 7) is 0. The molecular weight excluding hydrogens is 233 g/mol. The molecular formula is C4H3BBr2N. The first-order valence-corrected chi connectivity index (χ1v) is 3.62. The van der Waals surface area contributed by atoms with Crippen molar-refractivity contribution in [1.29, 1.82) is 0 Å². The maximum Gasteiger partial charge on any atom is 0.290 e. The van der Waals surface area contributed by atoms with Crippen molar-refractivity contribution in [3.63, 3.8) is 0 Å². The number of allylic oxidation sites excluding steroid dienone is 2. The monoisotopic (exact) mass is 234 g/mol. The standard InChI is InChI=1S/C4H3BBr2N/c6-4-1-2-5-8(7)3-4/h1-3H. The van der Waals surface area contributed by atoms with E-state index in [1.54, 1.807) is 3.84 Å². The van der Waals surface area contributed by atoms with Gasteiger partial charge in [-0.25, -0.2) is 0 Å². The Kier molecular flexibility index (Phi) is 2.20. The van der Waals surface area contributed by atoms with E-state index in [0.717, 1.165) is 4.48 Å². The SMILES string of the molecule is BrC1=CN(Br)[B]C=C1. The van der Waals surface area contributed by atoms with Gasteiger partial charge < -0.3 is 3.84 Å². The second kappa shape index (κ2) is 2.73. The summed E-state index contributed by atoms with van der Waals surface area (Å²) >= 11 is 6.56. The Bertz CT molecular complexity index is 143. The van der Waals surface area contributed by atoms with E-state index < -0.39 is 0 Å². The minimum absolute atomic E-state index is 1.07. The smallest absolute Gasteiger partial charge is 0.290 e. The van der Waals surface area contributed by atoms with Gasteiger partial charge in [0.25, 0.3) is 7.41 Å². The van der Waals surface area contributed by atoms with Gasteiger partial charge in [0, 0.05) is 26.8 Å². The van der Waals surface area contributed by atoms with Crippen molar-refractivity contribution in [1.82, 2.24) is 3.84 Å². The summed E-state index contributed by atoms with van der Waals surface area (Å²) in [6.07, 6.45) is 3.89. The molecule has 0 saturated carbocycles. The molecule has 41 valence electrons. The van der Waals surface area contributed by atoms with E-state index in [1.807, 2.05) is 25.7 Å². The van der Waals surface area contributed by atoms with E-state index in [9.17, 15) is 0 Å². The zero-order valence-electron chi connectivity index (χ0n) is 4.01. The van der Waals surface area contributed by atoms with Crippen molar-refractivity contribution in [3.05, 3.63) is 22.7 Å². The van der Waals surface area contributed by atoms with Crippen LogP contribution in [0, 0.1) is 0 Å². The Hall–Kier alpha value is 0.305. The van der Waals surface area contributed by atoms with Crippen LogP contribution in [0.3, 0.4) is 0 Å². The van der Waals surface area contributed by atoms with Crippen LogP contribution in [-0.4, -0.2) is 11.3 Å². The Morgan fingerprint density at radius 3 is 2.75 bits per heavy atom. The van der Waals surface area contributed by atoms with Gasteiger partial charge in [0.05, 0.1) is 0 Å². The molecule has 0 saturated heterocycles. The number of hydrogen-bond donors (Lipinski definition) is 0.